The maximum atomic E-state index is 5.35. The van der Waals surface area contributed by atoms with Gasteiger partial charge in [0, 0.05) is 5.33 Å². The lowest BCUT2D eigenvalue weighted by Gasteiger charge is -2.15. The van der Waals surface area contributed by atoms with Crippen molar-refractivity contribution in [2.45, 2.75) is 26.2 Å². The Morgan fingerprint density at radius 1 is 1.33 bits per heavy atom. The Morgan fingerprint density at radius 2 is 2.07 bits per heavy atom. The highest BCUT2D eigenvalue weighted by atomic mass is 79.9. The molecule has 1 aromatic carbocycles. The van der Waals surface area contributed by atoms with Gasteiger partial charge >= 0.3 is 0 Å². The zero-order valence-corrected chi connectivity index (χ0v) is 11.1. The molecule has 0 saturated heterocycles. The number of hydrogen-bond donors (Lipinski definition) is 0. The number of para-hydroxylation sites is 1. The summed E-state index contributed by atoms with van der Waals surface area (Å²) < 4.78 is 5.35. The maximum absolute atomic E-state index is 5.35. The normalized spacial score (nSPS) is 12.5. The van der Waals surface area contributed by atoms with Crippen LogP contribution in [0.25, 0.3) is 0 Å². The van der Waals surface area contributed by atoms with Gasteiger partial charge in [0.15, 0.2) is 0 Å². The highest BCUT2D eigenvalue weighted by Gasteiger charge is 2.10. The first-order valence-corrected chi connectivity index (χ1v) is 6.61. The van der Waals surface area contributed by atoms with Gasteiger partial charge in [-0.25, -0.2) is 0 Å². The molecule has 2 heteroatoms. The molecule has 84 valence electrons. The van der Waals surface area contributed by atoms with Gasteiger partial charge in [0.1, 0.15) is 5.75 Å². The minimum Gasteiger partial charge on any atom is -0.496 e. The first-order valence-electron chi connectivity index (χ1n) is 5.49. The van der Waals surface area contributed by atoms with Crippen molar-refractivity contribution in [1.82, 2.24) is 0 Å². The van der Waals surface area contributed by atoms with E-state index < -0.39 is 0 Å². The minimum atomic E-state index is 0.714. The van der Waals surface area contributed by atoms with E-state index in [1.807, 2.05) is 12.1 Å². The molecule has 0 aliphatic carbocycles. The number of rotatable bonds is 6. The van der Waals surface area contributed by atoms with Crippen LogP contribution in [0.4, 0.5) is 0 Å². The number of benzene rings is 1. The molecule has 1 unspecified atom stereocenters. The van der Waals surface area contributed by atoms with E-state index in [0.717, 1.165) is 17.5 Å². The van der Waals surface area contributed by atoms with E-state index in [-0.39, 0.29) is 0 Å². The van der Waals surface area contributed by atoms with Gasteiger partial charge in [0.05, 0.1) is 7.11 Å². The number of alkyl halides is 1. The minimum absolute atomic E-state index is 0.714. The first kappa shape index (κ1) is 12.6. The molecular formula is C13H19BrO. The van der Waals surface area contributed by atoms with Crippen molar-refractivity contribution in [2.24, 2.45) is 5.92 Å². The summed E-state index contributed by atoms with van der Waals surface area (Å²) in [4.78, 5) is 0. The quantitative estimate of drug-likeness (QED) is 0.709. The van der Waals surface area contributed by atoms with Gasteiger partial charge in [-0.2, -0.15) is 0 Å². The van der Waals surface area contributed by atoms with Gasteiger partial charge in [0.2, 0.25) is 0 Å². The summed E-state index contributed by atoms with van der Waals surface area (Å²) in [6.45, 7) is 2.23. The van der Waals surface area contributed by atoms with Crippen LogP contribution in [0.2, 0.25) is 0 Å². The van der Waals surface area contributed by atoms with Gasteiger partial charge in [-0.3, -0.25) is 0 Å². The van der Waals surface area contributed by atoms with Gasteiger partial charge < -0.3 is 4.74 Å². The van der Waals surface area contributed by atoms with E-state index in [0.29, 0.717) is 5.92 Å². The van der Waals surface area contributed by atoms with Crippen molar-refractivity contribution in [3.8, 4) is 5.75 Å². The standard InChI is InChI=1S/C13H19BrO/c1-3-6-11(10-14)9-12-7-4-5-8-13(12)15-2/h4-5,7-8,11H,3,6,9-10H2,1-2H3. The molecule has 0 aliphatic heterocycles. The van der Waals surface area contributed by atoms with Gasteiger partial charge in [0.25, 0.3) is 0 Å². The van der Waals surface area contributed by atoms with Crippen molar-refractivity contribution in [2.75, 3.05) is 12.4 Å². The molecule has 0 radical (unpaired) electrons. The summed E-state index contributed by atoms with van der Waals surface area (Å²) in [5.74, 6) is 1.73. The monoisotopic (exact) mass is 270 g/mol. The molecule has 0 aromatic heterocycles. The third-order valence-corrected chi connectivity index (χ3v) is 3.53. The van der Waals surface area contributed by atoms with E-state index in [2.05, 4.69) is 35.0 Å². The number of hydrogen-bond acceptors (Lipinski definition) is 1. The van der Waals surface area contributed by atoms with Crippen LogP contribution >= 0.6 is 15.9 Å². The van der Waals surface area contributed by atoms with Crippen LogP contribution in [-0.4, -0.2) is 12.4 Å². The van der Waals surface area contributed by atoms with Crippen LogP contribution in [0, 0.1) is 5.92 Å². The molecule has 1 rings (SSSR count). The number of methoxy groups -OCH3 is 1. The van der Waals surface area contributed by atoms with Crippen LogP contribution in [0.1, 0.15) is 25.3 Å². The Labute approximate surface area is 101 Å². The van der Waals surface area contributed by atoms with Crippen molar-refractivity contribution >= 4 is 15.9 Å². The summed E-state index contributed by atoms with van der Waals surface area (Å²) in [5.41, 5.74) is 1.32. The second-order valence-electron chi connectivity index (χ2n) is 3.82. The van der Waals surface area contributed by atoms with E-state index in [1.54, 1.807) is 7.11 Å². The Hall–Kier alpha value is -0.500. The zero-order chi connectivity index (χ0) is 11.1. The molecule has 1 atom stereocenters. The fourth-order valence-electron chi connectivity index (χ4n) is 1.82. The lowest BCUT2D eigenvalue weighted by molar-refractivity contribution is 0.404. The third-order valence-electron chi connectivity index (χ3n) is 2.62. The smallest absolute Gasteiger partial charge is 0.122 e. The van der Waals surface area contributed by atoms with Crippen molar-refractivity contribution in [3.05, 3.63) is 29.8 Å². The van der Waals surface area contributed by atoms with Crippen LogP contribution < -0.4 is 4.74 Å². The summed E-state index contributed by atoms with van der Waals surface area (Å²) in [6, 6.07) is 8.29. The molecule has 1 nitrogen and oxygen atoms in total. The first-order chi connectivity index (χ1) is 7.31. The zero-order valence-electron chi connectivity index (χ0n) is 9.50. The summed E-state index contributed by atoms with van der Waals surface area (Å²) >= 11 is 3.58. The van der Waals surface area contributed by atoms with Crippen LogP contribution in [0.5, 0.6) is 5.75 Å². The van der Waals surface area contributed by atoms with Crippen LogP contribution in [0.15, 0.2) is 24.3 Å². The maximum Gasteiger partial charge on any atom is 0.122 e. The van der Waals surface area contributed by atoms with E-state index >= 15 is 0 Å². The highest BCUT2D eigenvalue weighted by Crippen LogP contribution is 2.23. The summed E-state index contributed by atoms with van der Waals surface area (Å²) in [6.07, 6.45) is 3.61. The van der Waals surface area contributed by atoms with E-state index in [9.17, 15) is 0 Å². The molecule has 0 fully saturated rings. The van der Waals surface area contributed by atoms with Gasteiger partial charge in [-0.15, -0.1) is 0 Å². The molecule has 0 bridgehead atoms. The lowest BCUT2D eigenvalue weighted by atomic mass is 9.96. The Morgan fingerprint density at radius 3 is 2.67 bits per heavy atom. The predicted molar refractivity (Wildman–Crippen MR) is 68.9 cm³/mol. The summed E-state index contributed by atoms with van der Waals surface area (Å²) in [5, 5.41) is 1.07. The molecule has 0 spiro atoms. The fourth-order valence-corrected chi connectivity index (χ4v) is 2.38. The average Bonchev–Trinajstić information content (AvgIpc) is 2.29. The SMILES string of the molecule is CCCC(CBr)Cc1ccccc1OC. The molecule has 1 aromatic rings. The fraction of sp³-hybridized carbons (Fsp3) is 0.538. The van der Waals surface area contributed by atoms with Crippen molar-refractivity contribution in [1.29, 1.82) is 0 Å². The molecule has 0 heterocycles. The second-order valence-corrected chi connectivity index (χ2v) is 4.47. The van der Waals surface area contributed by atoms with Crippen molar-refractivity contribution in [3.63, 3.8) is 0 Å². The lowest BCUT2D eigenvalue weighted by Crippen LogP contribution is -2.06. The van der Waals surface area contributed by atoms with Crippen LogP contribution in [-0.2, 0) is 6.42 Å². The Balaban J connectivity index is 2.69. The van der Waals surface area contributed by atoms with E-state index in [1.165, 1.54) is 18.4 Å². The highest BCUT2D eigenvalue weighted by molar-refractivity contribution is 9.09. The van der Waals surface area contributed by atoms with Gasteiger partial charge in [-0.1, -0.05) is 47.5 Å². The van der Waals surface area contributed by atoms with Gasteiger partial charge in [-0.05, 0) is 30.4 Å². The average molecular weight is 271 g/mol. The molecule has 15 heavy (non-hydrogen) atoms. The molecule has 0 amide bonds. The topological polar surface area (TPSA) is 9.23 Å². The third kappa shape index (κ3) is 3.86. The predicted octanol–water partition coefficient (Wildman–Crippen LogP) is 4.05. The van der Waals surface area contributed by atoms with Crippen molar-refractivity contribution < 1.29 is 4.74 Å². The summed E-state index contributed by atoms with van der Waals surface area (Å²) in [7, 11) is 1.74. The van der Waals surface area contributed by atoms with Crippen LogP contribution in [0.3, 0.4) is 0 Å². The Kier molecular flexibility index (Phi) is 5.77. The number of halogens is 1. The molecular weight excluding hydrogens is 252 g/mol. The largest absolute Gasteiger partial charge is 0.496 e. The second kappa shape index (κ2) is 6.89. The molecule has 0 N–H and O–H groups in total. The van der Waals surface area contributed by atoms with E-state index in [4.69, 9.17) is 4.74 Å². The number of ether oxygens (including phenoxy) is 1. The Bertz CT molecular complexity index is 286. The molecule has 0 saturated carbocycles. The molecule has 0 aliphatic rings.